The Bertz CT molecular complexity index is 788. The van der Waals surface area contributed by atoms with E-state index in [-0.39, 0.29) is 11.9 Å². The van der Waals surface area contributed by atoms with E-state index in [1.54, 1.807) is 14.2 Å². The lowest BCUT2D eigenvalue weighted by atomic mass is 10.1. The Balaban J connectivity index is 2.12. The predicted molar refractivity (Wildman–Crippen MR) is 107 cm³/mol. The smallest absolute Gasteiger partial charge is 0.261 e. The van der Waals surface area contributed by atoms with Crippen LogP contribution in [-0.2, 0) is 4.79 Å². The number of carbonyl (C=O) groups is 1. The van der Waals surface area contributed by atoms with Crippen LogP contribution in [0.15, 0.2) is 36.4 Å². The zero-order chi connectivity index (χ0) is 20.0. The molecule has 146 valence electrons. The van der Waals surface area contributed by atoms with Crippen molar-refractivity contribution >= 4 is 5.91 Å². The van der Waals surface area contributed by atoms with Gasteiger partial charge in [0.25, 0.3) is 5.91 Å². The van der Waals surface area contributed by atoms with Gasteiger partial charge < -0.3 is 19.5 Å². The summed E-state index contributed by atoms with van der Waals surface area (Å²) in [5.41, 5.74) is 3.18. The molecule has 0 aromatic heterocycles. The molecule has 2 aromatic carbocycles. The molecule has 0 saturated heterocycles. The molecular formula is C22H29NO4. The number of hydrogen-bond donors (Lipinski definition) is 1. The molecule has 0 radical (unpaired) electrons. The van der Waals surface area contributed by atoms with Crippen molar-refractivity contribution in [1.29, 1.82) is 0 Å². The van der Waals surface area contributed by atoms with E-state index >= 15 is 0 Å². The van der Waals surface area contributed by atoms with Gasteiger partial charge in [-0.1, -0.05) is 13.0 Å². The van der Waals surface area contributed by atoms with Gasteiger partial charge in [0, 0.05) is 5.56 Å². The number of benzene rings is 2. The minimum absolute atomic E-state index is 0.159. The van der Waals surface area contributed by atoms with E-state index in [1.165, 1.54) is 5.56 Å². The minimum atomic E-state index is -0.564. The Hall–Kier alpha value is -2.69. The molecule has 0 fully saturated rings. The van der Waals surface area contributed by atoms with Crippen LogP contribution >= 0.6 is 0 Å². The molecule has 0 saturated carbocycles. The highest BCUT2D eigenvalue weighted by Crippen LogP contribution is 2.29. The van der Waals surface area contributed by atoms with Crippen molar-refractivity contribution in [3.05, 3.63) is 53.1 Å². The molecule has 1 N–H and O–H groups in total. The first-order valence-corrected chi connectivity index (χ1v) is 9.15. The van der Waals surface area contributed by atoms with Crippen LogP contribution in [0.1, 0.15) is 43.0 Å². The van der Waals surface area contributed by atoms with Crippen LogP contribution in [0.25, 0.3) is 0 Å². The summed E-state index contributed by atoms with van der Waals surface area (Å²) in [6, 6.07) is 11.1. The van der Waals surface area contributed by atoms with Gasteiger partial charge in [0.05, 0.1) is 20.3 Å². The minimum Gasteiger partial charge on any atom is -0.497 e. The summed E-state index contributed by atoms with van der Waals surface area (Å²) in [4.78, 5) is 12.8. The standard InChI is InChI=1S/C22H29NO4/c1-7-20(27-18-9-8-14(2)15(3)12-18)22(24)23-16(4)19-13-17(25-5)10-11-21(19)26-6/h8-13,16,20H,7H2,1-6H3,(H,23,24)/t16-,20+/m0/s1. The molecule has 5 heteroatoms. The zero-order valence-electron chi connectivity index (χ0n) is 17.0. The van der Waals surface area contributed by atoms with Crippen molar-refractivity contribution in [3.8, 4) is 17.2 Å². The largest absolute Gasteiger partial charge is 0.497 e. The molecule has 1 amide bonds. The number of rotatable bonds is 8. The molecule has 0 aliphatic heterocycles. The van der Waals surface area contributed by atoms with Crippen LogP contribution in [-0.4, -0.2) is 26.2 Å². The van der Waals surface area contributed by atoms with Crippen molar-refractivity contribution in [2.45, 2.75) is 46.3 Å². The second-order valence-electron chi connectivity index (χ2n) is 6.60. The molecule has 2 aromatic rings. The van der Waals surface area contributed by atoms with Crippen LogP contribution in [0.2, 0.25) is 0 Å². The predicted octanol–water partition coefficient (Wildman–Crippen LogP) is 4.36. The highest BCUT2D eigenvalue weighted by molar-refractivity contribution is 5.81. The van der Waals surface area contributed by atoms with Gasteiger partial charge in [-0.05, 0) is 68.7 Å². The van der Waals surface area contributed by atoms with E-state index in [9.17, 15) is 4.79 Å². The molecule has 0 unspecified atom stereocenters. The Morgan fingerprint density at radius 2 is 1.70 bits per heavy atom. The normalized spacial score (nSPS) is 12.8. The molecular weight excluding hydrogens is 342 g/mol. The second-order valence-corrected chi connectivity index (χ2v) is 6.60. The van der Waals surface area contributed by atoms with E-state index in [2.05, 4.69) is 5.32 Å². The Kier molecular flexibility index (Phi) is 7.11. The highest BCUT2D eigenvalue weighted by Gasteiger charge is 2.22. The van der Waals surface area contributed by atoms with E-state index in [4.69, 9.17) is 14.2 Å². The fraction of sp³-hybridized carbons (Fsp3) is 0.409. The Labute approximate surface area is 161 Å². The van der Waals surface area contributed by atoms with Crippen molar-refractivity contribution in [3.63, 3.8) is 0 Å². The fourth-order valence-corrected chi connectivity index (χ4v) is 2.84. The van der Waals surface area contributed by atoms with Crippen molar-refractivity contribution in [2.24, 2.45) is 0 Å². The molecule has 2 rings (SSSR count). The monoisotopic (exact) mass is 371 g/mol. The van der Waals surface area contributed by atoms with E-state index < -0.39 is 6.10 Å². The van der Waals surface area contributed by atoms with Gasteiger partial charge in [-0.25, -0.2) is 0 Å². The van der Waals surface area contributed by atoms with E-state index in [0.29, 0.717) is 23.7 Å². The average molecular weight is 371 g/mol. The van der Waals surface area contributed by atoms with Crippen molar-refractivity contribution in [1.82, 2.24) is 5.32 Å². The van der Waals surface area contributed by atoms with Crippen molar-refractivity contribution in [2.75, 3.05) is 14.2 Å². The third-order valence-corrected chi connectivity index (χ3v) is 4.68. The molecule has 0 aliphatic rings. The van der Waals surface area contributed by atoms with Crippen LogP contribution < -0.4 is 19.5 Å². The van der Waals surface area contributed by atoms with Gasteiger partial charge in [-0.3, -0.25) is 4.79 Å². The Morgan fingerprint density at radius 1 is 1.00 bits per heavy atom. The summed E-state index contributed by atoms with van der Waals surface area (Å²) >= 11 is 0. The lowest BCUT2D eigenvalue weighted by Gasteiger charge is -2.22. The molecule has 0 heterocycles. The number of hydrogen-bond acceptors (Lipinski definition) is 4. The van der Waals surface area contributed by atoms with E-state index in [0.717, 1.165) is 11.1 Å². The van der Waals surface area contributed by atoms with Crippen LogP contribution in [0, 0.1) is 13.8 Å². The quantitative estimate of drug-likeness (QED) is 0.749. The molecule has 0 spiro atoms. The fourth-order valence-electron chi connectivity index (χ4n) is 2.84. The third kappa shape index (κ3) is 5.16. The van der Waals surface area contributed by atoms with Gasteiger partial charge in [0.15, 0.2) is 6.10 Å². The van der Waals surface area contributed by atoms with Crippen molar-refractivity contribution < 1.29 is 19.0 Å². The average Bonchev–Trinajstić information content (AvgIpc) is 2.67. The molecule has 0 aliphatic carbocycles. The van der Waals surface area contributed by atoms with Gasteiger partial charge in [-0.15, -0.1) is 0 Å². The number of carbonyl (C=O) groups excluding carboxylic acids is 1. The number of methoxy groups -OCH3 is 2. The van der Waals surface area contributed by atoms with Crippen LogP contribution in [0.3, 0.4) is 0 Å². The first-order valence-electron chi connectivity index (χ1n) is 9.15. The van der Waals surface area contributed by atoms with Crippen LogP contribution in [0.4, 0.5) is 0 Å². The maximum Gasteiger partial charge on any atom is 0.261 e. The molecule has 5 nitrogen and oxygen atoms in total. The van der Waals surface area contributed by atoms with Gasteiger partial charge >= 0.3 is 0 Å². The highest BCUT2D eigenvalue weighted by atomic mass is 16.5. The van der Waals surface area contributed by atoms with Gasteiger partial charge in [-0.2, -0.15) is 0 Å². The summed E-state index contributed by atoms with van der Waals surface area (Å²) in [5, 5.41) is 3.02. The Morgan fingerprint density at radius 3 is 2.30 bits per heavy atom. The first-order chi connectivity index (χ1) is 12.9. The van der Waals surface area contributed by atoms with Crippen LogP contribution in [0.5, 0.6) is 17.2 Å². The maximum absolute atomic E-state index is 12.8. The summed E-state index contributed by atoms with van der Waals surface area (Å²) in [7, 11) is 3.22. The number of amides is 1. The number of nitrogens with one attached hydrogen (secondary N) is 1. The van der Waals surface area contributed by atoms with Gasteiger partial charge in [0.1, 0.15) is 17.2 Å². The topological polar surface area (TPSA) is 56.8 Å². The molecule has 2 atom stereocenters. The maximum atomic E-state index is 12.8. The summed E-state index contributed by atoms with van der Waals surface area (Å²) in [6.45, 7) is 7.92. The third-order valence-electron chi connectivity index (χ3n) is 4.68. The first kappa shape index (κ1) is 20.6. The lowest BCUT2D eigenvalue weighted by molar-refractivity contribution is -0.128. The number of ether oxygens (including phenoxy) is 3. The summed E-state index contributed by atoms with van der Waals surface area (Å²) < 4.78 is 16.6. The second kappa shape index (κ2) is 9.31. The van der Waals surface area contributed by atoms with E-state index in [1.807, 2.05) is 64.1 Å². The summed E-state index contributed by atoms with van der Waals surface area (Å²) in [6.07, 6.45) is 0.00642. The number of aryl methyl sites for hydroxylation is 2. The lowest BCUT2D eigenvalue weighted by Crippen LogP contribution is -2.39. The molecule has 0 bridgehead atoms. The molecule has 27 heavy (non-hydrogen) atoms. The van der Waals surface area contributed by atoms with Gasteiger partial charge in [0.2, 0.25) is 0 Å². The summed E-state index contributed by atoms with van der Waals surface area (Å²) in [5.74, 6) is 1.96. The SMILES string of the molecule is CC[C@@H](Oc1ccc(C)c(C)c1)C(=O)N[C@@H](C)c1cc(OC)ccc1OC. The zero-order valence-corrected chi connectivity index (χ0v) is 17.0.